The lowest BCUT2D eigenvalue weighted by Crippen LogP contribution is -2.54. The van der Waals surface area contributed by atoms with Gasteiger partial charge in [-0.1, -0.05) is 24.3 Å². The molecule has 0 bridgehead atoms. The van der Waals surface area contributed by atoms with Crippen molar-refractivity contribution in [3.63, 3.8) is 0 Å². The number of carboxylic acids is 1. The van der Waals surface area contributed by atoms with Crippen LogP contribution in [0.15, 0.2) is 24.3 Å². The Balaban J connectivity index is 2.32. The van der Waals surface area contributed by atoms with Crippen LogP contribution in [0.5, 0.6) is 0 Å². The highest BCUT2D eigenvalue weighted by Crippen LogP contribution is 2.28. The number of aliphatic carboxylic acids is 1. The molecule has 0 saturated carbocycles. The molecular weight excluding hydrogens is 314 g/mol. The number of nitrogen functional groups attached to an aromatic ring is 1. The third kappa shape index (κ3) is 3.77. The summed E-state index contributed by atoms with van der Waals surface area (Å²) in [5.74, 6) is -2.70. The van der Waals surface area contributed by atoms with Crippen molar-refractivity contribution in [2.45, 2.75) is 30.5 Å². The normalized spacial score (nSPS) is 21.0. The molecule has 9 nitrogen and oxygen atoms in total. The van der Waals surface area contributed by atoms with Crippen LogP contribution < -0.4 is 22.7 Å². The number of amidine groups is 1. The fraction of sp³-hybridized carbons (Fsp3) is 0.400. The van der Waals surface area contributed by atoms with E-state index in [1.54, 1.807) is 24.3 Å². The van der Waals surface area contributed by atoms with Gasteiger partial charge in [0, 0.05) is 12.1 Å². The minimum Gasteiger partial charge on any atom is -0.480 e. The predicted octanol–water partition coefficient (Wildman–Crippen LogP) is -1.34. The molecule has 0 spiro atoms. The van der Waals surface area contributed by atoms with Gasteiger partial charge in [0.15, 0.2) is 5.78 Å². The molecule has 130 valence electrons. The number of carbonyl (C=O) groups is 2. The highest BCUT2D eigenvalue weighted by atomic mass is 16.7. The second-order valence-corrected chi connectivity index (χ2v) is 5.64. The Kier molecular flexibility index (Phi) is 5.62. The van der Waals surface area contributed by atoms with Crippen molar-refractivity contribution in [1.82, 2.24) is 5.48 Å². The number of hydrogen-bond acceptors (Lipinski definition) is 7. The van der Waals surface area contributed by atoms with Gasteiger partial charge in [0.2, 0.25) is 0 Å². The molecule has 1 heterocycles. The number of benzene rings is 1. The quantitative estimate of drug-likeness (QED) is 0.262. The molecule has 1 fully saturated rings. The molecule has 9 N–H and O–H groups in total. The average molecular weight is 335 g/mol. The van der Waals surface area contributed by atoms with Crippen LogP contribution in [-0.4, -0.2) is 47.4 Å². The zero-order valence-corrected chi connectivity index (χ0v) is 12.9. The van der Waals surface area contributed by atoms with Crippen molar-refractivity contribution in [2.24, 2.45) is 17.2 Å². The summed E-state index contributed by atoms with van der Waals surface area (Å²) in [6.07, 6.45) is 0.0904. The summed E-state index contributed by atoms with van der Waals surface area (Å²) in [4.78, 5) is 29.1. The summed E-state index contributed by atoms with van der Waals surface area (Å²) < 4.78 is 0. The van der Waals surface area contributed by atoms with Crippen molar-refractivity contribution in [3.05, 3.63) is 35.4 Å². The molecular formula is C15H21N5O4. The lowest BCUT2D eigenvalue weighted by atomic mass is 9.83. The summed E-state index contributed by atoms with van der Waals surface area (Å²) in [5.41, 5.74) is 20.5. The monoisotopic (exact) mass is 335 g/mol. The van der Waals surface area contributed by atoms with E-state index in [-0.39, 0.29) is 5.84 Å². The zero-order chi connectivity index (χ0) is 17.9. The third-order valence-electron chi connectivity index (χ3n) is 4.03. The van der Waals surface area contributed by atoms with Crippen molar-refractivity contribution in [1.29, 1.82) is 5.41 Å². The van der Waals surface area contributed by atoms with Crippen LogP contribution in [0.2, 0.25) is 0 Å². The lowest BCUT2D eigenvalue weighted by Gasteiger charge is -2.26. The van der Waals surface area contributed by atoms with Gasteiger partial charge in [-0.2, -0.15) is 0 Å². The van der Waals surface area contributed by atoms with Crippen LogP contribution in [0.3, 0.4) is 0 Å². The molecule has 1 aromatic carbocycles. The summed E-state index contributed by atoms with van der Waals surface area (Å²) in [5, 5.41) is 16.4. The number of carbonyl (C=O) groups excluding carboxylic acids is 1. The molecule has 1 aliphatic rings. The zero-order valence-electron chi connectivity index (χ0n) is 12.9. The van der Waals surface area contributed by atoms with E-state index >= 15 is 0 Å². The minimum atomic E-state index is -1.49. The van der Waals surface area contributed by atoms with E-state index in [1.807, 2.05) is 0 Å². The average Bonchev–Trinajstić information content (AvgIpc) is 3.08. The molecule has 24 heavy (non-hydrogen) atoms. The number of hydrogen-bond donors (Lipinski definition) is 6. The second-order valence-electron chi connectivity index (χ2n) is 5.64. The number of ketones is 1. The first-order chi connectivity index (χ1) is 11.3. The minimum absolute atomic E-state index is 0.0900. The van der Waals surface area contributed by atoms with Gasteiger partial charge in [-0.25, -0.2) is 5.48 Å². The number of hydroxylamine groups is 1. The van der Waals surface area contributed by atoms with Gasteiger partial charge >= 0.3 is 5.97 Å². The van der Waals surface area contributed by atoms with Gasteiger partial charge in [-0.3, -0.25) is 19.8 Å². The van der Waals surface area contributed by atoms with Crippen molar-refractivity contribution >= 4 is 17.6 Å². The second kappa shape index (κ2) is 7.49. The smallest absolute Gasteiger partial charge is 0.322 e. The molecule has 1 aromatic rings. The number of carboxylic acid groups (broad SMARTS) is 1. The standard InChI is InChI=1S/C15H21N5O4/c16-11(12(17)15(22)23)13(21)10(9-5-6-20-24-9)7-1-3-8(4-2-7)14(18)19/h1-4,9-12,20H,5-6,16-17H2,(H3,18,19)(H,22,23)/t9-,10?,11?,12?/m0/s1. The van der Waals surface area contributed by atoms with E-state index in [1.165, 1.54) is 0 Å². The molecule has 0 aliphatic carbocycles. The Labute approximate surface area is 138 Å². The molecule has 1 aliphatic heterocycles. The van der Waals surface area contributed by atoms with Crippen molar-refractivity contribution < 1.29 is 19.5 Å². The van der Waals surface area contributed by atoms with Crippen LogP contribution in [0, 0.1) is 5.41 Å². The molecule has 0 radical (unpaired) electrons. The maximum absolute atomic E-state index is 12.8. The van der Waals surface area contributed by atoms with Gasteiger partial charge in [-0.05, 0) is 12.0 Å². The predicted molar refractivity (Wildman–Crippen MR) is 86.3 cm³/mol. The fourth-order valence-electron chi connectivity index (χ4n) is 2.63. The molecule has 0 aromatic heterocycles. The summed E-state index contributed by atoms with van der Waals surface area (Å²) >= 11 is 0. The first kappa shape index (κ1) is 18.0. The van der Waals surface area contributed by atoms with Crippen LogP contribution in [0.1, 0.15) is 23.5 Å². The Morgan fingerprint density at radius 3 is 2.33 bits per heavy atom. The largest absolute Gasteiger partial charge is 0.480 e. The van der Waals surface area contributed by atoms with Crippen molar-refractivity contribution in [2.75, 3.05) is 6.54 Å². The molecule has 9 heteroatoms. The number of nitrogens with one attached hydrogen (secondary N) is 2. The van der Waals surface area contributed by atoms with Crippen LogP contribution >= 0.6 is 0 Å². The van der Waals surface area contributed by atoms with Crippen LogP contribution in [0.25, 0.3) is 0 Å². The van der Waals surface area contributed by atoms with E-state index in [9.17, 15) is 9.59 Å². The number of Topliss-reactive ketones (excluding diaryl/α,β-unsaturated/α-hetero) is 1. The van der Waals surface area contributed by atoms with E-state index in [0.29, 0.717) is 24.1 Å². The van der Waals surface area contributed by atoms with Crippen LogP contribution in [0.4, 0.5) is 0 Å². The van der Waals surface area contributed by atoms with E-state index in [2.05, 4.69) is 5.48 Å². The molecule has 0 amide bonds. The Bertz CT molecular complexity index is 627. The SMILES string of the molecule is N=C(N)c1ccc(C(C(=O)C(N)C(N)C(=O)O)[C@@H]2CCNO2)cc1. The van der Waals surface area contributed by atoms with Gasteiger partial charge in [0.1, 0.15) is 11.9 Å². The lowest BCUT2D eigenvalue weighted by molar-refractivity contribution is -0.141. The molecule has 4 atom stereocenters. The fourth-order valence-corrected chi connectivity index (χ4v) is 2.63. The highest BCUT2D eigenvalue weighted by molar-refractivity contribution is 5.97. The van der Waals surface area contributed by atoms with E-state index in [0.717, 1.165) is 0 Å². The molecule has 1 saturated heterocycles. The Morgan fingerprint density at radius 1 is 1.25 bits per heavy atom. The van der Waals surface area contributed by atoms with Gasteiger partial charge in [0.05, 0.1) is 18.1 Å². The first-order valence-corrected chi connectivity index (χ1v) is 7.43. The van der Waals surface area contributed by atoms with Gasteiger partial charge in [-0.15, -0.1) is 0 Å². The van der Waals surface area contributed by atoms with E-state index in [4.69, 9.17) is 32.6 Å². The van der Waals surface area contributed by atoms with Gasteiger partial charge in [0.25, 0.3) is 0 Å². The van der Waals surface area contributed by atoms with Gasteiger partial charge < -0.3 is 22.3 Å². The number of nitrogens with two attached hydrogens (primary N) is 3. The van der Waals surface area contributed by atoms with E-state index < -0.39 is 35.9 Å². The summed E-state index contributed by atoms with van der Waals surface area (Å²) in [6.45, 7) is 0.570. The summed E-state index contributed by atoms with van der Waals surface area (Å²) in [6, 6.07) is 3.68. The van der Waals surface area contributed by atoms with Crippen LogP contribution in [-0.2, 0) is 14.4 Å². The maximum atomic E-state index is 12.8. The highest BCUT2D eigenvalue weighted by Gasteiger charge is 2.39. The maximum Gasteiger partial charge on any atom is 0.322 e. The molecule has 3 unspecified atom stereocenters. The molecule has 2 rings (SSSR count). The third-order valence-corrected chi connectivity index (χ3v) is 4.03. The van der Waals surface area contributed by atoms with Crippen molar-refractivity contribution in [3.8, 4) is 0 Å². The number of rotatable bonds is 7. The Hall–Kier alpha value is -2.33. The Morgan fingerprint density at radius 2 is 1.88 bits per heavy atom. The summed E-state index contributed by atoms with van der Waals surface area (Å²) in [7, 11) is 0. The topological polar surface area (TPSA) is 178 Å². The first-order valence-electron chi connectivity index (χ1n) is 7.43.